The van der Waals surface area contributed by atoms with Crippen LogP contribution in [0.5, 0.6) is 5.75 Å². The van der Waals surface area contributed by atoms with Crippen LogP contribution in [-0.4, -0.2) is 33.3 Å². The number of halogens is 3. The minimum atomic E-state index is -0.629. The molecule has 0 spiro atoms. The molecule has 40 heavy (non-hydrogen) atoms. The van der Waals surface area contributed by atoms with E-state index in [1.165, 1.54) is 23.0 Å². The average molecular weight is 692 g/mol. The van der Waals surface area contributed by atoms with E-state index in [4.69, 9.17) is 16.3 Å². The molecule has 0 saturated carbocycles. The Morgan fingerprint density at radius 3 is 2.50 bits per heavy atom. The molecule has 1 amide bonds. The number of rotatable bonds is 7. The second-order valence-corrected chi connectivity index (χ2v) is 11.9. The zero-order chi connectivity index (χ0) is 29.2. The Labute approximate surface area is 250 Å². The Hall–Kier alpha value is -3.61. The van der Waals surface area contributed by atoms with Crippen LogP contribution in [0.2, 0.25) is 5.02 Å². The number of carbonyl (C=O) groups excluding carboxylic acids is 1. The van der Waals surface area contributed by atoms with Gasteiger partial charge < -0.3 is 10.1 Å². The van der Waals surface area contributed by atoms with E-state index >= 15 is 0 Å². The SMILES string of the molecule is CC(C)(C)c1nc2ccc(Br)cc2c(=O)n1N=Cc1cc(Br)cc([N+](=O)[O-])c1OCC(=O)Nc1ccc(Cl)cc1. The largest absolute Gasteiger partial charge is 0.476 e. The molecule has 1 heterocycles. The smallest absolute Gasteiger partial charge is 0.312 e. The Balaban J connectivity index is 1.75. The van der Waals surface area contributed by atoms with Gasteiger partial charge >= 0.3 is 5.69 Å². The number of nitrogens with zero attached hydrogens (tertiary/aromatic N) is 4. The fourth-order valence-corrected chi connectivity index (χ4v) is 4.67. The van der Waals surface area contributed by atoms with E-state index in [1.54, 1.807) is 42.5 Å². The van der Waals surface area contributed by atoms with E-state index in [9.17, 15) is 19.7 Å². The molecular weight excluding hydrogens is 670 g/mol. The number of hydrogen-bond acceptors (Lipinski definition) is 7. The fourth-order valence-electron chi connectivity index (χ4n) is 3.72. The Morgan fingerprint density at radius 1 is 1.15 bits per heavy atom. The molecule has 3 aromatic carbocycles. The number of ether oxygens (including phenoxy) is 1. The Bertz CT molecular complexity index is 1720. The second kappa shape index (κ2) is 11.9. The summed E-state index contributed by atoms with van der Waals surface area (Å²) in [5, 5.41) is 19.7. The fraction of sp³-hybridized carbons (Fsp3) is 0.185. The highest BCUT2D eigenvalue weighted by atomic mass is 79.9. The third kappa shape index (κ3) is 6.75. The first-order chi connectivity index (χ1) is 18.8. The molecule has 4 rings (SSSR count). The first-order valence-electron chi connectivity index (χ1n) is 11.8. The summed E-state index contributed by atoms with van der Waals surface area (Å²) in [6, 6.07) is 14.4. The standard InChI is InChI=1S/C27H22Br2ClN5O5/c1-27(2,3)26-33-21-9-4-16(28)11-20(21)25(37)34(26)31-13-15-10-17(29)12-22(35(38)39)24(15)40-14-23(36)32-19-7-5-18(30)6-8-19/h4-13H,14H2,1-3H3,(H,32,36). The van der Waals surface area contributed by atoms with Gasteiger partial charge in [0.15, 0.2) is 6.61 Å². The molecule has 0 unspecified atom stereocenters. The molecule has 0 bridgehead atoms. The number of benzene rings is 3. The lowest BCUT2D eigenvalue weighted by Crippen LogP contribution is -2.29. The minimum absolute atomic E-state index is 0.168. The summed E-state index contributed by atoms with van der Waals surface area (Å²) in [7, 11) is 0. The highest BCUT2D eigenvalue weighted by Crippen LogP contribution is 2.34. The van der Waals surface area contributed by atoms with Crippen molar-refractivity contribution in [2.24, 2.45) is 5.10 Å². The van der Waals surface area contributed by atoms with Crippen LogP contribution in [0.4, 0.5) is 11.4 Å². The van der Waals surface area contributed by atoms with Crippen LogP contribution in [0.1, 0.15) is 32.2 Å². The molecule has 0 aliphatic carbocycles. The van der Waals surface area contributed by atoms with Crippen LogP contribution in [0.3, 0.4) is 0 Å². The van der Waals surface area contributed by atoms with Crippen molar-refractivity contribution in [3.05, 3.63) is 100 Å². The number of nitrogens with one attached hydrogen (secondary N) is 1. The third-order valence-electron chi connectivity index (χ3n) is 5.53. The van der Waals surface area contributed by atoms with Crippen LogP contribution in [0.15, 0.2) is 73.4 Å². The number of aromatic nitrogens is 2. The number of carbonyl (C=O) groups is 1. The summed E-state index contributed by atoms with van der Waals surface area (Å²) >= 11 is 12.5. The van der Waals surface area contributed by atoms with Crippen LogP contribution >= 0.6 is 43.5 Å². The van der Waals surface area contributed by atoms with Crippen LogP contribution in [0, 0.1) is 10.1 Å². The minimum Gasteiger partial charge on any atom is -0.476 e. The first kappa shape index (κ1) is 29.4. The Kier molecular flexibility index (Phi) is 8.71. The lowest BCUT2D eigenvalue weighted by molar-refractivity contribution is -0.385. The molecule has 206 valence electrons. The molecular formula is C27H22Br2ClN5O5. The predicted molar refractivity (Wildman–Crippen MR) is 162 cm³/mol. The third-order valence-corrected chi connectivity index (χ3v) is 6.73. The second-order valence-electron chi connectivity index (χ2n) is 9.65. The summed E-state index contributed by atoms with van der Waals surface area (Å²) in [5.74, 6) is -0.346. The number of fused-ring (bicyclic) bond motifs is 1. The van der Waals surface area contributed by atoms with Crippen molar-refractivity contribution in [3.63, 3.8) is 0 Å². The maximum Gasteiger partial charge on any atom is 0.312 e. The van der Waals surface area contributed by atoms with Gasteiger partial charge in [-0.05, 0) is 48.5 Å². The summed E-state index contributed by atoms with van der Waals surface area (Å²) in [6.07, 6.45) is 1.27. The number of amides is 1. The molecule has 4 aromatic rings. The summed E-state index contributed by atoms with van der Waals surface area (Å²) in [4.78, 5) is 41.9. The van der Waals surface area contributed by atoms with Gasteiger partial charge in [0.2, 0.25) is 5.75 Å². The maximum atomic E-state index is 13.5. The van der Waals surface area contributed by atoms with Gasteiger partial charge in [-0.25, -0.2) is 4.98 Å². The lowest BCUT2D eigenvalue weighted by atomic mass is 9.95. The van der Waals surface area contributed by atoms with Gasteiger partial charge in [0.1, 0.15) is 5.82 Å². The molecule has 13 heteroatoms. The zero-order valence-corrected chi connectivity index (χ0v) is 25.4. The number of nitro benzene ring substituents is 1. The predicted octanol–water partition coefficient (Wildman–Crippen LogP) is 6.68. The van der Waals surface area contributed by atoms with Crippen molar-refractivity contribution < 1.29 is 14.5 Å². The van der Waals surface area contributed by atoms with Gasteiger partial charge in [-0.15, -0.1) is 0 Å². The van der Waals surface area contributed by atoms with Crippen molar-refractivity contribution in [2.45, 2.75) is 26.2 Å². The molecule has 0 fully saturated rings. The van der Waals surface area contributed by atoms with Crippen LogP contribution in [-0.2, 0) is 10.2 Å². The van der Waals surface area contributed by atoms with Crippen molar-refractivity contribution in [1.82, 2.24) is 9.66 Å². The van der Waals surface area contributed by atoms with Gasteiger partial charge in [-0.3, -0.25) is 19.7 Å². The van der Waals surface area contributed by atoms with Crippen molar-refractivity contribution >= 4 is 77.9 Å². The number of nitro groups is 1. The van der Waals surface area contributed by atoms with E-state index in [0.717, 1.165) is 0 Å². The van der Waals surface area contributed by atoms with Crippen LogP contribution < -0.4 is 15.6 Å². The number of hydrogen-bond donors (Lipinski definition) is 1. The van der Waals surface area contributed by atoms with E-state index in [1.807, 2.05) is 20.8 Å². The molecule has 0 aliphatic heterocycles. The van der Waals surface area contributed by atoms with Crippen molar-refractivity contribution in [2.75, 3.05) is 11.9 Å². The van der Waals surface area contributed by atoms with Gasteiger partial charge in [-0.1, -0.05) is 64.2 Å². The topological polar surface area (TPSA) is 129 Å². The quantitative estimate of drug-likeness (QED) is 0.131. The normalized spacial score (nSPS) is 11.7. The molecule has 0 radical (unpaired) electrons. The molecule has 1 aromatic heterocycles. The highest BCUT2D eigenvalue weighted by Gasteiger charge is 2.24. The van der Waals surface area contributed by atoms with Gasteiger partial charge in [0, 0.05) is 36.7 Å². The Morgan fingerprint density at radius 2 is 1.85 bits per heavy atom. The van der Waals surface area contributed by atoms with Gasteiger partial charge in [-0.2, -0.15) is 9.78 Å². The molecule has 0 saturated heterocycles. The van der Waals surface area contributed by atoms with Gasteiger partial charge in [0.05, 0.1) is 22.0 Å². The van der Waals surface area contributed by atoms with E-state index < -0.39 is 28.4 Å². The first-order valence-corrected chi connectivity index (χ1v) is 13.7. The summed E-state index contributed by atoms with van der Waals surface area (Å²) in [5.41, 5.74) is -0.213. The molecule has 0 atom stereocenters. The van der Waals surface area contributed by atoms with Crippen molar-refractivity contribution in [1.29, 1.82) is 0 Å². The zero-order valence-electron chi connectivity index (χ0n) is 21.4. The van der Waals surface area contributed by atoms with Gasteiger partial charge in [0.25, 0.3) is 11.5 Å². The number of anilines is 1. The summed E-state index contributed by atoms with van der Waals surface area (Å²) in [6.45, 7) is 5.15. The molecule has 10 nitrogen and oxygen atoms in total. The monoisotopic (exact) mass is 689 g/mol. The maximum absolute atomic E-state index is 13.5. The van der Waals surface area contributed by atoms with E-state index in [-0.39, 0.29) is 17.0 Å². The molecule has 1 N–H and O–H groups in total. The van der Waals surface area contributed by atoms with E-state index in [2.05, 4.69) is 47.3 Å². The summed E-state index contributed by atoms with van der Waals surface area (Å²) < 4.78 is 7.89. The molecule has 0 aliphatic rings. The lowest BCUT2D eigenvalue weighted by Gasteiger charge is -2.21. The average Bonchev–Trinajstić information content (AvgIpc) is 2.88. The van der Waals surface area contributed by atoms with E-state index in [0.29, 0.717) is 36.4 Å². The van der Waals surface area contributed by atoms with Crippen LogP contribution in [0.25, 0.3) is 10.9 Å². The highest BCUT2D eigenvalue weighted by molar-refractivity contribution is 9.10. The van der Waals surface area contributed by atoms with Crippen molar-refractivity contribution in [3.8, 4) is 5.75 Å².